The molecule has 2 amide bonds. The van der Waals surface area contributed by atoms with E-state index in [4.69, 9.17) is 0 Å². The minimum Gasteiger partial charge on any atom is -0.338 e. The van der Waals surface area contributed by atoms with Crippen molar-refractivity contribution in [2.24, 2.45) is 0 Å². The molecule has 0 heterocycles. The van der Waals surface area contributed by atoms with Crippen LogP contribution in [0.4, 0.5) is 18.0 Å². The summed E-state index contributed by atoms with van der Waals surface area (Å²) in [6.07, 6.45) is 1.04. The number of nitrogens with one attached hydrogen (secondary N) is 2. The summed E-state index contributed by atoms with van der Waals surface area (Å²) in [6.45, 7) is 0.300. The molecule has 0 saturated heterocycles. The minimum absolute atomic E-state index is 0.0627. The summed E-state index contributed by atoms with van der Waals surface area (Å²) < 4.78 is 35.6. The number of halogens is 3. The SMILES string of the molecule is O=C(NCCCCC(F)(F)F)NC1CCCCC1. The monoisotopic (exact) mass is 266 g/mol. The molecule has 18 heavy (non-hydrogen) atoms. The molecule has 0 aliphatic heterocycles. The number of carbonyl (C=O) groups excluding carboxylic acids is 1. The van der Waals surface area contributed by atoms with Gasteiger partial charge in [0.1, 0.15) is 0 Å². The molecule has 1 aliphatic rings. The molecule has 1 saturated carbocycles. The van der Waals surface area contributed by atoms with E-state index in [2.05, 4.69) is 10.6 Å². The zero-order valence-corrected chi connectivity index (χ0v) is 10.5. The van der Waals surface area contributed by atoms with Gasteiger partial charge in [-0.2, -0.15) is 13.2 Å². The number of unbranched alkanes of at least 4 members (excludes halogenated alkanes) is 1. The molecule has 1 fully saturated rings. The maximum atomic E-state index is 11.9. The van der Waals surface area contributed by atoms with Gasteiger partial charge in [0.2, 0.25) is 0 Å². The Morgan fingerprint density at radius 1 is 1.11 bits per heavy atom. The highest BCUT2D eigenvalue weighted by Crippen LogP contribution is 2.21. The zero-order chi connectivity index (χ0) is 13.4. The van der Waals surface area contributed by atoms with Crippen molar-refractivity contribution >= 4 is 6.03 Å². The third kappa shape index (κ3) is 7.40. The molecule has 6 heteroatoms. The first-order valence-corrected chi connectivity index (χ1v) is 6.58. The summed E-state index contributed by atoms with van der Waals surface area (Å²) in [7, 11) is 0. The van der Waals surface area contributed by atoms with Gasteiger partial charge in [0.25, 0.3) is 0 Å². The standard InChI is InChI=1S/C12H21F3N2O/c13-12(14,15)8-4-5-9-16-11(18)17-10-6-2-1-3-7-10/h10H,1-9H2,(H2,16,17,18). The molecular weight excluding hydrogens is 245 g/mol. The lowest BCUT2D eigenvalue weighted by Gasteiger charge is -2.22. The lowest BCUT2D eigenvalue weighted by molar-refractivity contribution is -0.135. The van der Waals surface area contributed by atoms with E-state index in [0.717, 1.165) is 25.7 Å². The first-order chi connectivity index (χ1) is 8.47. The van der Waals surface area contributed by atoms with Crippen molar-refractivity contribution in [2.75, 3.05) is 6.54 Å². The maximum Gasteiger partial charge on any atom is 0.389 e. The fourth-order valence-electron chi connectivity index (χ4n) is 2.14. The molecule has 1 rings (SSSR count). The largest absolute Gasteiger partial charge is 0.389 e. The number of urea groups is 1. The van der Waals surface area contributed by atoms with E-state index in [0.29, 0.717) is 13.0 Å². The number of alkyl halides is 3. The Morgan fingerprint density at radius 3 is 2.39 bits per heavy atom. The fourth-order valence-corrected chi connectivity index (χ4v) is 2.14. The van der Waals surface area contributed by atoms with Gasteiger partial charge >= 0.3 is 12.2 Å². The summed E-state index contributed by atoms with van der Waals surface area (Å²) in [4.78, 5) is 11.4. The average molecular weight is 266 g/mol. The molecule has 0 unspecified atom stereocenters. The van der Waals surface area contributed by atoms with Gasteiger partial charge in [-0.3, -0.25) is 0 Å². The molecule has 1 aliphatic carbocycles. The van der Waals surface area contributed by atoms with Crippen molar-refractivity contribution in [3.8, 4) is 0 Å². The second-order valence-corrected chi connectivity index (χ2v) is 4.81. The van der Waals surface area contributed by atoms with Crippen LogP contribution in [0.25, 0.3) is 0 Å². The molecule has 0 bridgehead atoms. The van der Waals surface area contributed by atoms with Crippen LogP contribution in [0.15, 0.2) is 0 Å². The average Bonchev–Trinajstić information content (AvgIpc) is 2.28. The third-order valence-electron chi connectivity index (χ3n) is 3.11. The highest BCUT2D eigenvalue weighted by Gasteiger charge is 2.25. The van der Waals surface area contributed by atoms with E-state index in [1.54, 1.807) is 0 Å². The van der Waals surface area contributed by atoms with E-state index in [9.17, 15) is 18.0 Å². The number of rotatable bonds is 5. The summed E-state index contributed by atoms with van der Waals surface area (Å²) in [5.74, 6) is 0. The van der Waals surface area contributed by atoms with Crippen LogP contribution >= 0.6 is 0 Å². The first-order valence-electron chi connectivity index (χ1n) is 6.58. The van der Waals surface area contributed by atoms with Gasteiger partial charge in [-0.05, 0) is 25.7 Å². The molecule has 0 radical (unpaired) electrons. The van der Waals surface area contributed by atoms with Crippen LogP contribution in [-0.2, 0) is 0 Å². The van der Waals surface area contributed by atoms with Crippen LogP contribution in [0, 0.1) is 0 Å². The van der Waals surface area contributed by atoms with Crippen molar-refractivity contribution in [2.45, 2.75) is 63.6 Å². The second kappa shape index (κ2) is 7.48. The topological polar surface area (TPSA) is 41.1 Å². The minimum atomic E-state index is -4.09. The van der Waals surface area contributed by atoms with Crippen molar-refractivity contribution in [1.29, 1.82) is 0 Å². The summed E-state index contributed by atoms with van der Waals surface area (Å²) >= 11 is 0. The Hall–Kier alpha value is -0.940. The van der Waals surface area contributed by atoms with E-state index < -0.39 is 12.6 Å². The predicted molar refractivity (Wildman–Crippen MR) is 63.3 cm³/mol. The molecule has 0 aromatic rings. The number of carbonyl (C=O) groups is 1. The van der Waals surface area contributed by atoms with E-state index in [-0.39, 0.29) is 18.5 Å². The normalized spacial score (nSPS) is 17.5. The van der Waals surface area contributed by atoms with Crippen molar-refractivity contribution in [1.82, 2.24) is 10.6 Å². The van der Waals surface area contributed by atoms with Crippen LogP contribution < -0.4 is 10.6 Å². The van der Waals surface area contributed by atoms with Gasteiger partial charge in [-0.15, -0.1) is 0 Å². The van der Waals surface area contributed by atoms with Gasteiger partial charge < -0.3 is 10.6 Å². The summed E-state index contributed by atoms with van der Waals surface area (Å²) in [6, 6.07) is -0.0252. The lowest BCUT2D eigenvalue weighted by Crippen LogP contribution is -2.43. The Labute approximate surface area is 106 Å². The Kier molecular flexibility index (Phi) is 6.29. The highest BCUT2D eigenvalue weighted by atomic mass is 19.4. The Bertz CT molecular complexity index is 250. The second-order valence-electron chi connectivity index (χ2n) is 4.81. The lowest BCUT2D eigenvalue weighted by atomic mass is 9.96. The molecule has 3 nitrogen and oxygen atoms in total. The van der Waals surface area contributed by atoms with Crippen LogP contribution in [0.2, 0.25) is 0 Å². The maximum absolute atomic E-state index is 11.9. The van der Waals surface area contributed by atoms with Gasteiger partial charge in [-0.25, -0.2) is 4.79 Å². The van der Waals surface area contributed by atoms with Gasteiger partial charge in [0.15, 0.2) is 0 Å². The predicted octanol–water partition coefficient (Wildman–Crippen LogP) is 3.35. The van der Waals surface area contributed by atoms with E-state index in [1.807, 2.05) is 0 Å². The molecular formula is C12H21F3N2O. The van der Waals surface area contributed by atoms with E-state index >= 15 is 0 Å². The fraction of sp³-hybridized carbons (Fsp3) is 0.917. The molecule has 0 atom stereocenters. The number of hydrogen-bond donors (Lipinski definition) is 2. The van der Waals surface area contributed by atoms with Crippen molar-refractivity contribution < 1.29 is 18.0 Å². The third-order valence-corrected chi connectivity index (χ3v) is 3.11. The van der Waals surface area contributed by atoms with Gasteiger partial charge in [0, 0.05) is 19.0 Å². The Morgan fingerprint density at radius 2 is 1.78 bits per heavy atom. The van der Waals surface area contributed by atoms with Crippen LogP contribution in [0.5, 0.6) is 0 Å². The number of hydrogen-bond acceptors (Lipinski definition) is 1. The van der Waals surface area contributed by atoms with Crippen LogP contribution in [-0.4, -0.2) is 24.8 Å². The van der Waals surface area contributed by atoms with Crippen LogP contribution in [0.3, 0.4) is 0 Å². The molecule has 106 valence electrons. The van der Waals surface area contributed by atoms with Gasteiger partial charge in [0.05, 0.1) is 0 Å². The first kappa shape index (κ1) is 15.1. The highest BCUT2D eigenvalue weighted by molar-refractivity contribution is 5.74. The Balaban J connectivity index is 1.99. The molecule has 0 aromatic heterocycles. The molecule has 2 N–H and O–H groups in total. The smallest absolute Gasteiger partial charge is 0.338 e. The number of amides is 2. The van der Waals surface area contributed by atoms with Crippen LogP contribution in [0.1, 0.15) is 51.4 Å². The van der Waals surface area contributed by atoms with Crippen molar-refractivity contribution in [3.63, 3.8) is 0 Å². The summed E-state index contributed by atoms with van der Waals surface area (Å²) in [5, 5.41) is 5.45. The van der Waals surface area contributed by atoms with Gasteiger partial charge in [-0.1, -0.05) is 19.3 Å². The quantitative estimate of drug-likeness (QED) is 0.736. The zero-order valence-electron chi connectivity index (χ0n) is 10.5. The summed E-state index contributed by atoms with van der Waals surface area (Å²) in [5.41, 5.74) is 0. The van der Waals surface area contributed by atoms with Crippen molar-refractivity contribution in [3.05, 3.63) is 0 Å². The molecule has 0 spiro atoms. The van der Waals surface area contributed by atoms with E-state index in [1.165, 1.54) is 6.42 Å². The molecule has 0 aromatic carbocycles.